The third kappa shape index (κ3) is 4.53. The number of β-amino-alcohol motifs (C(OH)–C–C–N with tert-alkyl or cyclic N) is 1. The summed E-state index contributed by atoms with van der Waals surface area (Å²) in [6, 6.07) is 2.74. The number of halogens is 1. The highest BCUT2D eigenvalue weighted by Crippen LogP contribution is 2.34. The number of anilines is 1. The van der Waals surface area contributed by atoms with E-state index in [1.807, 2.05) is 6.92 Å². The Morgan fingerprint density at radius 1 is 1.23 bits per heavy atom. The van der Waals surface area contributed by atoms with Crippen molar-refractivity contribution in [1.29, 1.82) is 0 Å². The minimum Gasteiger partial charge on any atom is -0.390 e. The number of benzene rings is 1. The van der Waals surface area contributed by atoms with Crippen LogP contribution in [0.2, 0.25) is 6.82 Å². The lowest BCUT2D eigenvalue weighted by atomic mass is 9.71. The molecule has 183 valence electrons. The number of hydrogen-bond acceptors (Lipinski definition) is 5. The van der Waals surface area contributed by atoms with Gasteiger partial charge in [0.2, 0.25) is 0 Å². The largest absolute Gasteiger partial charge is 0.390 e. The van der Waals surface area contributed by atoms with Gasteiger partial charge < -0.3 is 25.0 Å². The fraction of sp³-hybridized carbons (Fsp3) is 0.440. The maximum Gasteiger partial charge on any atom is 0.256 e. The summed E-state index contributed by atoms with van der Waals surface area (Å²) in [6.07, 6.45) is 1.68. The van der Waals surface area contributed by atoms with Gasteiger partial charge in [0, 0.05) is 61.8 Å². The lowest BCUT2D eigenvalue weighted by Gasteiger charge is -2.32. The van der Waals surface area contributed by atoms with E-state index in [0.717, 1.165) is 24.3 Å². The number of carbonyl (C=O) groups excluding carboxylic acids is 2. The second-order valence-corrected chi connectivity index (χ2v) is 9.30. The number of fused-ring (bicyclic) bond motifs is 2. The molecule has 1 aromatic carbocycles. The fourth-order valence-corrected chi connectivity index (χ4v) is 5.17. The molecular weight excluding hydrogens is 450 g/mol. The van der Waals surface area contributed by atoms with E-state index in [4.69, 9.17) is 4.74 Å². The zero-order valence-corrected chi connectivity index (χ0v) is 20.0. The number of ether oxygens (including phenoxy) is 1. The average molecular weight is 479 g/mol. The van der Waals surface area contributed by atoms with Gasteiger partial charge in [0.1, 0.15) is 5.82 Å². The van der Waals surface area contributed by atoms with Crippen LogP contribution in [0.3, 0.4) is 0 Å². The summed E-state index contributed by atoms with van der Waals surface area (Å²) < 4.78 is 19.5. The molecule has 1 fully saturated rings. The number of aromatic nitrogens is 1. The third-order valence-electron chi connectivity index (χ3n) is 7.01. The standard InChI is InChI=1S/C25H29BFN4O4/c1-14-21(11-18-17-9-15(27)10-19(26-2)23(17)29-24(18)33)28-20-3-4-31(25(34)22(14)20)13-16(32)12-30-5-7-35-8-6-30/h9-11,16,28,32H,3-8,12-13H2,1-2H3,(H,29,33)/b18-11-. The molecule has 0 spiro atoms. The highest BCUT2D eigenvalue weighted by atomic mass is 19.1. The minimum absolute atomic E-state index is 0.129. The van der Waals surface area contributed by atoms with Gasteiger partial charge in [0.15, 0.2) is 7.28 Å². The number of amides is 2. The first kappa shape index (κ1) is 23.8. The number of hydrogen-bond donors (Lipinski definition) is 3. The van der Waals surface area contributed by atoms with E-state index in [9.17, 15) is 19.1 Å². The summed E-state index contributed by atoms with van der Waals surface area (Å²) in [5.74, 6) is -0.848. The second-order valence-electron chi connectivity index (χ2n) is 9.30. The van der Waals surface area contributed by atoms with Gasteiger partial charge in [-0.3, -0.25) is 14.5 Å². The number of rotatable bonds is 6. The first-order chi connectivity index (χ1) is 16.9. The molecule has 3 aliphatic rings. The molecule has 2 amide bonds. The van der Waals surface area contributed by atoms with Crippen LogP contribution >= 0.6 is 0 Å². The molecule has 4 heterocycles. The molecule has 0 saturated carbocycles. The number of nitrogens with zero attached hydrogens (tertiary/aromatic N) is 2. The van der Waals surface area contributed by atoms with Crippen LogP contribution in [0.5, 0.6) is 0 Å². The van der Waals surface area contributed by atoms with Gasteiger partial charge in [-0.25, -0.2) is 4.39 Å². The molecule has 1 saturated heterocycles. The van der Waals surface area contributed by atoms with Crippen LogP contribution in [0, 0.1) is 12.7 Å². The van der Waals surface area contributed by atoms with Crippen molar-refractivity contribution in [1.82, 2.24) is 14.8 Å². The zero-order chi connectivity index (χ0) is 24.7. The summed E-state index contributed by atoms with van der Waals surface area (Å²) in [4.78, 5) is 33.2. The van der Waals surface area contributed by atoms with Crippen LogP contribution in [-0.4, -0.2) is 91.0 Å². The maximum atomic E-state index is 14.2. The molecule has 1 aromatic heterocycles. The Bertz CT molecular complexity index is 1200. The number of H-pyrrole nitrogens is 1. The van der Waals surface area contributed by atoms with Crippen LogP contribution in [0.1, 0.15) is 32.9 Å². The Balaban J connectivity index is 1.37. The molecule has 8 nitrogen and oxygen atoms in total. The summed E-state index contributed by atoms with van der Waals surface area (Å²) in [7, 11) is 1.75. The number of morpholine rings is 1. The van der Waals surface area contributed by atoms with E-state index in [0.29, 0.717) is 66.3 Å². The van der Waals surface area contributed by atoms with Crippen LogP contribution in [0.25, 0.3) is 11.6 Å². The van der Waals surface area contributed by atoms with Gasteiger partial charge in [-0.15, -0.1) is 0 Å². The molecule has 3 N–H and O–H groups in total. The lowest BCUT2D eigenvalue weighted by Crippen LogP contribution is -2.47. The number of nitrogens with one attached hydrogen (secondary N) is 2. The zero-order valence-electron chi connectivity index (χ0n) is 20.0. The van der Waals surface area contributed by atoms with Crippen LogP contribution in [0.15, 0.2) is 12.1 Å². The van der Waals surface area contributed by atoms with Crippen molar-refractivity contribution in [2.75, 3.05) is 51.3 Å². The van der Waals surface area contributed by atoms with E-state index in [2.05, 4.69) is 15.2 Å². The lowest BCUT2D eigenvalue weighted by molar-refractivity contribution is -0.110. The number of aliphatic hydroxyl groups is 1. The molecular formula is C25H29BFN4O4. The summed E-state index contributed by atoms with van der Waals surface area (Å²) in [6.45, 7) is 7.80. The molecule has 1 unspecified atom stereocenters. The van der Waals surface area contributed by atoms with Crippen molar-refractivity contribution in [2.45, 2.75) is 26.3 Å². The Labute approximate surface area is 204 Å². The molecule has 2 aromatic rings. The summed E-state index contributed by atoms with van der Waals surface area (Å²) in [5.41, 5.74) is 4.88. The predicted octanol–water partition coefficient (Wildman–Crippen LogP) is 1.02. The Morgan fingerprint density at radius 3 is 2.74 bits per heavy atom. The topological polar surface area (TPSA) is 97.9 Å². The first-order valence-electron chi connectivity index (χ1n) is 12.0. The molecule has 5 rings (SSSR count). The van der Waals surface area contributed by atoms with E-state index >= 15 is 0 Å². The molecule has 0 bridgehead atoms. The number of aliphatic hydroxyl groups excluding tert-OH is 1. The van der Waals surface area contributed by atoms with Crippen molar-refractivity contribution >= 4 is 41.9 Å². The molecule has 1 radical (unpaired) electrons. The number of carbonyl (C=O) groups is 2. The van der Waals surface area contributed by atoms with E-state index in [1.165, 1.54) is 12.1 Å². The number of aromatic amines is 1. The van der Waals surface area contributed by atoms with Gasteiger partial charge in [-0.05, 0) is 30.7 Å². The minimum atomic E-state index is -0.641. The smallest absolute Gasteiger partial charge is 0.256 e. The monoisotopic (exact) mass is 479 g/mol. The third-order valence-corrected chi connectivity index (χ3v) is 7.01. The molecule has 10 heteroatoms. The van der Waals surface area contributed by atoms with Crippen molar-refractivity contribution in [3.63, 3.8) is 0 Å². The molecule has 0 aliphatic carbocycles. The Kier molecular flexibility index (Phi) is 6.52. The maximum absolute atomic E-state index is 14.2. The highest BCUT2D eigenvalue weighted by Gasteiger charge is 2.32. The van der Waals surface area contributed by atoms with Crippen LogP contribution in [0.4, 0.5) is 10.1 Å². The van der Waals surface area contributed by atoms with Crippen molar-refractivity contribution < 1.29 is 23.8 Å². The Hall–Kier alpha value is -2.95. The first-order valence-corrected chi connectivity index (χ1v) is 12.0. The SMILES string of the molecule is C[B]c1cc(F)cc2c1NC(=O)/C2=C\c1[nH]c2c(c1C)C(=O)N(CC(O)CN1CCOCC1)CC2. The van der Waals surface area contributed by atoms with Crippen molar-refractivity contribution in [3.05, 3.63) is 46.0 Å². The summed E-state index contributed by atoms with van der Waals surface area (Å²) in [5, 5.41) is 13.4. The fourth-order valence-electron chi connectivity index (χ4n) is 5.17. The van der Waals surface area contributed by atoms with Crippen molar-refractivity contribution in [3.8, 4) is 0 Å². The van der Waals surface area contributed by atoms with Gasteiger partial charge in [-0.2, -0.15) is 0 Å². The highest BCUT2D eigenvalue weighted by molar-refractivity contribution is 6.56. The van der Waals surface area contributed by atoms with Gasteiger partial charge in [0.25, 0.3) is 11.8 Å². The van der Waals surface area contributed by atoms with Gasteiger partial charge in [0.05, 0.1) is 30.5 Å². The molecule has 1 atom stereocenters. The normalized spacial score (nSPS) is 20.1. The summed E-state index contributed by atoms with van der Waals surface area (Å²) >= 11 is 0. The predicted molar refractivity (Wildman–Crippen MR) is 133 cm³/mol. The van der Waals surface area contributed by atoms with Crippen LogP contribution < -0.4 is 10.8 Å². The quantitative estimate of drug-likeness (QED) is 0.425. The van der Waals surface area contributed by atoms with Gasteiger partial charge >= 0.3 is 0 Å². The second kappa shape index (κ2) is 9.60. The van der Waals surface area contributed by atoms with Crippen molar-refractivity contribution in [2.24, 2.45) is 0 Å². The van der Waals surface area contributed by atoms with Gasteiger partial charge in [-0.1, -0.05) is 12.3 Å². The average Bonchev–Trinajstić information content (AvgIpc) is 3.32. The molecule has 3 aliphatic heterocycles. The Morgan fingerprint density at radius 2 is 2.00 bits per heavy atom. The van der Waals surface area contributed by atoms with Crippen LogP contribution in [-0.2, 0) is 16.0 Å². The molecule has 35 heavy (non-hydrogen) atoms. The van der Waals surface area contributed by atoms with E-state index < -0.39 is 11.9 Å². The van der Waals surface area contributed by atoms with E-state index in [1.54, 1.807) is 25.1 Å². The van der Waals surface area contributed by atoms with E-state index in [-0.39, 0.29) is 18.4 Å².